The average molecular weight is 302 g/mol. The van der Waals surface area contributed by atoms with Gasteiger partial charge in [0, 0.05) is 22.7 Å². The highest BCUT2D eigenvalue weighted by atomic mass is 79.9. The summed E-state index contributed by atoms with van der Waals surface area (Å²) in [6.07, 6.45) is 0.921. The topological polar surface area (TPSA) is 43.1 Å². The van der Waals surface area contributed by atoms with Gasteiger partial charge in [0.05, 0.1) is 4.92 Å². The second-order valence-corrected chi connectivity index (χ2v) is 6.20. The molecule has 0 spiro atoms. The number of rotatable bonds is 3. The summed E-state index contributed by atoms with van der Waals surface area (Å²) < 4.78 is 0. The van der Waals surface area contributed by atoms with E-state index in [-0.39, 0.29) is 10.6 Å². The molecule has 1 aliphatic heterocycles. The number of nitrogens with zero attached hydrogens (tertiary/aromatic N) is 1. The molecule has 0 radical (unpaired) electrons. The summed E-state index contributed by atoms with van der Waals surface area (Å²) in [4.78, 5) is 10.9. The van der Waals surface area contributed by atoms with Crippen molar-refractivity contribution in [2.45, 2.75) is 11.2 Å². The van der Waals surface area contributed by atoms with E-state index in [2.05, 4.69) is 15.9 Å². The first kappa shape index (κ1) is 11.9. The molecule has 0 saturated carbocycles. The normalized spacial score (nSPS) is 24.6. The van der Waals surface area contributed by atoms with E-state index in [1.165, 1.54) is 0 Å². The molecule has 5 heteroatoms. The summed E-state index contributed by atoms with van der Waals surface area (Å²) in [6, 6.07) is 6.95. The van der Waals surface area contributed by atoms with Gasteiger partial charge in [-0.2, -0.15) is 11.8 Å². The predicted octanol–water partition coefficient (Wildman–Crippen LogP) is 3.26. The maximum absolute atomic E-state index is 10.6. The van der Waals surface area contributed by atoms with E-state index >= 15 is 0 Å². The Hall–Kier alpha value is -0.550. The van der Waals surface area contributed by atoms with E-state index < -0.39 is 0 Å². The van der Waals surface area contributed by atoms with Gasteiger partial charge in [-0.25, -0.2) is 0 Å². The number of nitro groups is 1. The lowest BCUT2D eigenvalue weighted by atomic mass is 9.98. The fourth-order valence-electron chi connectivity index (χ4n) is 1.86. The fourth-order valence-corrected chi connectivity index (χ4v) is 4.33. The Balaban J connectivity index is 2.09. The molecular weight excluding hydrogens is 290 g/mol. The van der Waals surface area contributed by atoms with Crippen LogP contribution >= 0.6 is 27.7 Å². The Kier molecular flexibility index (Phi) is 3.86. The van der Waals surface area contributed by atoms with Crippen LogP contribution in [0.3, 0.4) is 0 Å². The first-order valence-electron chi connectivity index (χ1n) is 5.12. The van der Waals surface area contributed by atoms with Crippen molar-refractivity contribution < 1.29 is 4.92 Å². The molecule has 0 bridgehead atoms. The smallest absolute Gasteiger partial charge is 0.258 e. The lowest BCUT2D eigenvalue weighted by molar-refractivity contribution is -0.384. The standard InChI is InChI=1S/C11H12BrNO2S/c12-11-7-16-6-9(11)4-8-2-1-3-10(5-8)13(14)15/h1-3,5,9,11H,4,6-7H2. The number of alkyl halides is 1. The highest BCUT2D eigenvalue weighted by molar-refractivity contribution is 9.09. The van der Waals surface area contributed by atoms with E-state index in [0.717, 1.165) is 23.5 Å². The minimum atomic E-state index is -0.335. The quantitative estimate of drug-likeness (QED) is 0.489. The molecule has 1 aliphatic rings. The van der Waals surface area contributed by atoms with Crippen LogP contribution in [0, 0.1) is 16.0 Å². The van der Waals surface area contributed by atoms with Crippen molar-refractivity contribution in [1.82, 2.24) is 0 Å². The highest BCUT2D eigenvalue weighted by Gasteiger charge is 2.25. The maximum atomic E-state index is 10.6. The second-order valence-electron chi connectivity index (χ2n) is 3.94. The molecule has 2 rings (SSSR count). The third kappa shape index (κ3) is 2.77. The molecule has 3 nitrogen and oxygen atoms in total. The molecule has 0 amide bonds. The maximum Gasteiger partial charge on any atom is 0.269 e. The summed E-state index contributed by atoms with van der Waals surface area (Å²) in [5.41, 5.74) is 1.25. The number of benzene rings is 1. The Labute approximate surface area is 107 Å². The van der Waals surface area contributed by atoms with Crippen LogP contribution in [0.1, 0.15) is 5.56 Å². The zero-order valence-corrected chi connectivity index (χ0v) is 11.0. The Morgan fingerprint density at radius 1 is 1.50 bits per heavy atom. The van der Waals surface area contributed by atoms with Gasteiger partial charge in [-0.1, -0.05) is 28.1 Å². The molecule has 0 N–H and O–H groups in total. The molecule has 16 heavy (non-hydrogen) atoms. The Morgan fingerprint density at radius 2 is 2.31 bits per heavy atom. The van der Waals surface area contributed by atoms with Gasteiger partial charge in [-0.3, -0.25) is 10.1 Å². The van der Waals surface area contributed by atoms with Crippen LogP contribution in [0.4, 0.5) is 5.69 Å². The largest absolute Gasteiger partial charge is 0.269 e. The molecular formula is C11H12BrNO2S. The van der Waals surface area contributed by atoms with Crippen molar-refractivity contribution in [3.8, 4) is 0 Å². The van der Waals surface area contributed by atoms with Gasteiger partial charge < -0.3 is 0 Å². The summed E-state index contributed by atoms with van der Waals surface area (Å²) in [5, 5.41) is 10.6. The number of nitro benzene ring substituents is 1. The van der Waals surface area contributed by atoms with Gasteiger partial charge in [0.1, 0.15) is 0 Å². The molecule has 2 atom stereocenters. The zero-order valence-electron chi connectivity index (χ0n) is 8.64. The van der Waals surface area contributed by atoms with E-state index in [0.29, 0.717) is 10.7 Å². The molecule has 1 aromatic carbocycles. The van der Waals surface area contributed by atoms with Gasteiger partial charge in [0.25, 0.3) is 5.69 Å². The van der Waals surface area contributed by atoms with Crippen molar-refractivity contribution in [2.75, 3.05) is 11.5 Å². The van der Waals surface area contributed by atoms with E-state index in [4.69, 9.17) is 0 Å². The van der Waals surface area contributed by atoms with Crippen LogP contribution in [0.2, 0.25) is 0 Å². The van der Waals surface area contributed by atoms with Gasteiger partial charge in [-0.15, -0.1) is 0 Å². The van der Waals surface area contributed by atoms with Crippen LogP contribution in [0.25, 0.3) is 0 Å². The van der Waals surface area contributed by atoms with Crippen LogP contribution < -0.4 is 0 Å². The summed E-state index contributed by atoms with van der Waals surface area (Å²) in [7, 11) is 0. The molecule has 1 aromatic rings. The van der Waals surface area contributed by atoms with Crippen molar-refractivity contribution in [3.63, 3.8) is 0 Å². The predicted molar refractivity (Wildman–Crippen MR) is 70.3 cm³/mol. The fraction of sp³-hybridized carbons (Fsp3) is 0.455. The minimum Gasteiger partial charge on any atom is -0.258 e. The van der Waals surface area contributed by atoms with Crippen molar-refractivity contribution in [3.05, 3.63) is 39.9 Å². The molecule has 1 fully saturated rings. The van der Waals surface area contributed by atoms with Gasteiger partial charge in [0.2, 0.25) is 0 Å². The summed E-state index contributed by atoms with van der Waals surface area (Å²) in [6.45, 7) is 0. The monoisotopic (exact) mass is 301 g/mol. The zero-order chi connectivity index (χ0) is 11.5. The Bertz CT molecular complexity index is 399. The van der Waals surface area contributed by atoms with Crippen LogP contribution in [-0.4, -0.2) is 21.3 Å². The number of thioether (sulfide) groups is 1. The molecule has 1 saturated heterocycles. The third-order valence-electron chi connectivity index (χ3n) is 2.74. The van der Waals surface area contributed by atoms with E-state index in [1.807, 2.05) is 17.8 Å². The van der Waals surface area contributed by atoms with Crippen LogP contribution in [0.15, 0.2) is 24.3 Å². The molecule has 0 aliphatic carbocycles. The molecule has 2 unspecified atom stereocenters. The summed E-state index contributed by atoms with van der Waals surface area (Å²) in [5.74, 6) is 2.87. The minimum absolute atomic E-state index is 0.189. The summed E-state index contributed by atoms with van der Waals surface area (Å²) >= 11 is 5.59. The van der Waals surface area contributed by atoms with Crippen LogP contribution in [0.5, 0.6) is 0 Å². The second kappa shape index (κ2) is 5.19. The van der Waals surface area contributed by atoms with Gasteiger partial charge in [0.15, 0.2) is 0 Å². The van der Waals surface area contributed by atoms with E-state index in [9.17, 15) is 10.1 Å². The molecule has 1 heterocycles. The van der Waals surface area contributed by atoms with Crippen molar-refractivity contribution in [1.29, 1.82) is 0 Å². The first-order chi connectivity index (χ1) is 7.66. The number of hydrogen-bond acceptors (Lipinski definition) is 3. The first-order valence-corrected chi connectivity index (χ1v) is 7.19. The third-order valence-corrected chi connectivity index (χ3v) is 5.50. The average Bonchev–Trinajstić information content (AvgIpc) is 2.65. The van der Waals surface area contributed by atoms with Crippen molar-refractivity contribution in [2.24, 2.45) is 5.92 Å². The van der Waals surface area contributed by atoms with Gasteiger partial charge in [-0.05, 0) is 23.7 Å². The van der Waals surface area contributed by atoms with Crippen molar-refractivity contribution >= 4 is 33.4 Å². The molecule has 86 valence electrons. The van der Waals surface area contributed by atoms with E-state index in [1.54, 1.807) is 18.2 Å². The number of non-ortho nitro benzene ring substituents is 1. The van der Waals surface area contributed by atoms with Crippen LogP contribution in [-0.2, 0) is 6.42 Å². The number of halogens is 1. The van der Waals surface area contributed by atoms with Gasteiger partial charge >= 0.3 is 0 Å². The lowest BCUT2D eigenvalue weighted by Gasteiger charge is -2.12. The highest BCUT2D eigenvalue weighted by Crippen LogP contribution is 2.32. The SMILES string of the molecule is O=[N+]([O-])c1cccc(CC2CSCC2Br)c1. The number of hydrogen-bond donors (Lipinski definition) is 0. The Morgan fingerprint density at radius 3 is 2.94 bits per heavy atom. The lowest BCUT2D eigenvalue weighted by Crippen LogP contribution is -2.14. The molecule has 0 aromatic heterocycles.